The average Bonchev–Trinajstić information content (AvgIpc) is 1.14. The Kier molecular flexibility index (Phi) is 3.80. The van der Waals surface area contributed by atoms with E-state index in [1.807, 2.05) is 0 Å². The topological polar surface area (TPSA) is 0 Å². The molecule has 0 aromatic heterocycles. The van der Waals surface area contributed by atoms with Gasteiger partial charge in [-0.05, 0) is 0 Å². The maximum atomic E-state index is 3.86. The van der Waals surface area contributed by atoms with Crippen molar-refractivity contribution < 1.29 is 0 Å². The number of rotatable bonds is 2. The summed E-state index contributed by atoms with van der Waals surface area (Å²) in [5.41, 5.74) is 0. The van der Waals surface area contributed by atoms with Gasteiger partial charge in [0.25, 0.3) is 0 Å². The van der Waals surface area contributed by atoms with Crippen molar-refractivity contribution >= 4 is 36.9 Å². The van der Waals surface area contributed by atoms with Gasteiger partial charge in [-0.2, -0.15) is 0 Å². The second-order valence-electron chi connectivity index (χ2n) is 4.46. The molecule has 0 aromatic carbocycles. The SMILES string of the molecule is C[Si](C)(C)[CH2][Sn]([CH3])([CH3])[Br]. The summed E-state index contributed by atoms with van der Waals surface area (Å²) in [5, 5.41) is 0. The van der Waals surface area contributed by atoms with Crippen LogP contribution in [-0.4, -0.2) is 24.2 Å². The molecule has 0 aromatic rings. The van der Waals surface area contributed by atoms with E-state index in [0.717, 1.165) is 0 Å². The summed E-state index contributed by atoms with van der Waals surface area (Å²) in [6.07, 6.45) is 0. The molecular formula is C6H17BrSiSn. The third-order valence-electron chi connectivity index (χ3n) is 0.951. The molecule has 0 saturated heterocycles. The summed E-state index contributed by atoms with van der Waals surface area (Å²) in [6, 6.07) is 0. The zero-order valence-corrected chi connectivity index (χ0v) is 12.5. The first-order valence-corrected chi connectivity index (χ1v) is 21.2. The molecular weight excluding hydrogens is 299 g/mol. The van der Waals surface area contributed by atoms with Crippen LogP contribution in [0.3, 0.4) is 0 Å². The van der Waals surface area contributed by atoms with E-state index in [2.05, 4.69) is 42.2 Å². The number of hydrogen-bond donors (Lipinski definition) is 0. The van der Waals surface area contributed by atoms with Gasteiger partial charge in [-0.25, -0.2) is 0 Å². The zero-order chi connectivity index (χ0) is 7.71. The Morgan fingerprint density at radius 3 is 1.56 bits per heavy atom. The average molecular weight is 316 g/mol. The summed E-state index contributed by atoms with van der Waals surface area (Å²) in [6.45, 7) is 7.35. The van der Waals surface area contributed by atoms with E-state index < -0.39 is 24.2 Å². The molecule has 0 aliphatic carbocycles. The monoisotopic (exact) mass is 316 g/mol. The molecule has 0 unspecified atom stereocenters. The Morgan fingerprint density at radius 2 is 1.56 bits per heavy atom. The number of halogens is 1. The predicted octanol–water partition coefficient (Wildman–Crippen LogP) is 3.46. The Morgan fingerprint density at radius 1 is 1.22 bits per heavy atom. The zero-order valence-electron chi connectivity index (χ0n) is 7.09. The van der Waals surface area contributed by atoms with Crippen LogP contribution >= 0.6 is 12.7 Å². The Labute approximate surface area is 70.1 Å². The molecule has 0 radical (unpaired) electrons. The first-order valence-electron chi connectivity index (χ1n) is 3.40. The summed E-state index contributed by atoms with van der Waals surface area (Å²) < 4.78 is 1.56. The van der Waals surface area contributed by atoms with Crippen LogP contribution in [0.5, 0.6) is 0 Å². The number of hydrogen-bond acceptors (Lipinski definition) is 0. The standard InChI is InChI=1S/C4H11Si.2CH3.BrH.Sn/c1-5(2,3)4;;;;/h1H2,2-4H3;2*1H3;1H;/q;;;;+1/p-1. The van der Waals surface area contributed by atoms with Gasteiger partial charge in [0.15, 0.2) is 0 Å². The van der Waals surface area contributed by atoms with Gasteiger partial charge in [0.1, 0.15) is 0 Å². The molecule has 0 rings (SSSR count). The van der Waals surface area contributed by atoms with Crippen LogP contribution in [0.25, 0.3) is 0 Å². The summed E-state index contributed by atoms with van der Waals surface area (Å²) >= 11 is 2.29. The van der Waals surface area contributed by atoms with Crippen molar-refractivity contribution in [3.05, 3.63) is 0 Å². The summed E-state index contributed by atoms with van der Waals surface area (Å²) in [7, 11) is -0.746. The van der Waals surface area contributed by atoms with Gasteiger partial charge in [0, 0.05) is 0 Å². The molecule has 0 fully saturated rings. The Balaban J connectivity index is 3.75. The first-order chi connectivity index (χ1) is 3.71. The van der Waals surface area contributed by atoms with E-state index in [1.165, 1.54) is 0 Å². The minimum atomic E-state index is -1.57. The van der Waals surface area contributed by atoms with Crippen LogP contribution in [0.1, 0.15) is 0 Å². The fraction of sp³-hybridized carbons (Fsp3) is 1.00. The van der Waals surface area contributed by atoms with E-state index >= 15 is 0 Å². The third-order valence-corrected chi connectivity index (χ3v) is 24.8. The van der Waals surface area contributed by atoms with Crippen molar-refractivity contribution in [2.45, 2.75) is 33.6 Å². The van der Waals surface area contributed by atoms with Gasteiger partial charge >= 0.3 is 70.5 Å². The van der Waals surface area contributed by atoms with E-state index in [9.17, 15) is 0 Å². The van der Waals surface area contributed by atoms with Gasteiger partial charge in [-0.15, -0.1) is 0 Å². The molecule has 56 valence electrons. The van der Waals surface area contributed by atoms with Crippen LogP contribution < -0.4 is 0 Å². The van der Waals surface area contributed by atoms with E-state index in [0.29, 0.717) is 0 Å². The van der Waals surface area contributed by atoms with Crippen molar-refractivity contribution in [3.63, 3.8) is 0 Å². The van der Waals surface area contributed by atoms with Gasteiger partial charge < -0.3 is 0 Å². The molecule has 0 aliphatic rings. The Bertz CT molecular complexity index is 78.2. The quantitative estimate of drug-likeness (QED) is 0.685. The van der Waals surface area contributed by atoms with Gasteiger partial charge in [0.05, 0.1) is 0 Å². The molecule has 0 heterocycles. The molecule has 9 heavy (non-hydrogen) atoms. The summed E-state index contributed by atoms with van der Waals surface area (Å²) in [5.74, 6) is 0. The van der Waals surface area contributed by atoms with Crippen molar-refractivity contribution in [2.24, 2.45) is 0 Å². The van der Waals surface area contributed by atoms with E-state index in [1.54, 1.807) is 4.06 Å². The molecule has 3 heteroatoms. The first kappa shape index (κ1) is 10.5. The van der Waals surface area contributed by atoms with Crippen molar-refractivity contribution in [3.8, 4) is 0 Å². The molecule has 0 spiro atoms. The van der Waals surface area contributed by atoms with Crippen molar-refractivity contribution in [2.75, 3.05) is 0 Å². The van der Waals surface area contributed by atoms with Crippen LogP contribution in [0.15, 0.2) is 0 Å². The second kappa shape index (κ2) is 3.26. The molecule has 0 saturated carbocycles. The third kappa shape index (κ3) is 9.50. The maximum absolute atomic E-state index is 3.86. The predicted molar refractivity (Wildman–Crippen MR) is 54.6 cm³/mol. The van der Waals surface area contributed by atoms with Crippen LogP contribution in [0.2, 0.25) is 33.6 Å². The fourth-order valence-electron chi connectivity index (χ4n) is 1.26. The van der Waals surface area contributed by atoms with E-state index in [-0.39, 0.29) is 0 Å². The minimum absolute atomic E-state index is 0.746. The Hall–Kier alpha value is 1.50. The van der Waals surface area contributed by atoms with Crippen molar-refractivity contribution in [1.29, 1.82) is 0 Å². The van der Waals surface area contributed by atoms with Crippen LogP contribution in [0, 0.1) is 0 Å². The molecule has 0 bridgehead atoms. The summed E-state index contributed by atoms with van der Waals surface area (Å²) in [4.78, 5) is 4.90. The van der Waals surface area contributed by atoms with Gasteiger partial charge in [0.2, 0.25) is 0 Å². The van der Waals surface area contributed by atoms with Gasteiger partial charge in [-0.3, -0.25) is 0 Å². The van der Waals surface area contributed by atoms with Crippen LogP contribution in [0.4, 0.5) is 0 Å². The normalized spacial score (nSPS) is 14.0. The van der Waals surface area contributed by atoms with Gasteiger partial charge in [-0.1, -0.05) is 0 Å². The van der Waals surface area contributed by atoms with Crippen LogP contribution in [-0.2, 0) is 0 Å². The molecule has 0 atom stereocenters. The molecule has 0 N–H and O–H groups in total. The molecule has 0 aliphatic heterocycles. The second-order valence-corrected chi connectivity index (χ2v) is 37.2. The fourth-order valence-corrected chi connectivity index (χ4v) is 42.3. The molecule has 0 nitrogen and oxygen atoms in total. The van der Waals surface area contributed by atoms with E-state index in [4.69, 9.17) is 0 Å². The van der Waals surface area contributed by atoms with Crippen molar-refractivity contribution in [1.82, 2.24) is 0 Å². The molecule has 0 amide bonds.